The fourth-order valence-electron chi connectivity index (χ4n) is 2.48. The van der Waals surface area contributed by atoms with Crippen molar-refractivity contribution in [3.05, 3.63) is 58.1 Å². The van der Waals surface area contributed by atoms with Gasteiger partial charge in [0.15, 0.2) is 5.78 Å². The van der Waals surface area contributed by atoms with E-state index in [-0.39, 0.29) is 11.7 Å². The second-order valence-electron chi connectivity index (χ2n) is 5.80. The van der Waals surface area contributed by atoms with Gasteiger partial charge in [-0.1, -0.05) is 29.8 Å². The van der Waals surface area contributed by atoms with Crippen LogP contribution < -0.4 is 10.6 Å². The number of aryl methyl sites for hydroxylation is 2. The van der Waals surface area contributed by atoms with E-state index in [9.17, 15) is 9.59 Å². The number of nitrogens with one attached hydrogen (secondary N) is 2. The number of amides is 1. The van der Waals surface area contributed by atoms with Crippen molar-refractivity contribution in [2.45, 2.75) is 27.2 Å². The van der Waals surface area contributed by atoms with Crippen LogP contribution in [0.2, 0.25) is 5.02 Å². The number of benzene rings is 2. The van der Waals surface area contributed by atoms with Crippen LogP contribution in [0.25, 0.3) is 0 Å². The van der Waals surface area contributed by atoms with Crippen LogP contribution in [0.3, 0.4) is 0 Å². The van der Waals surface area contributed by atoms with E-state index in [1.807, 2.05) is 26.0 Å². The number of carbonyl (C=O) groups is 2. The van der Waals surface area contributed by atoms with Gasteiger partial charge in [-0.3, -0.25) is 9.59 Å². The number of halogens is 1. The summed E-state index contributed by atoms with van der Waals surface area (Å²) >= 11 is 6.23. The van der Waals surface area contributed by atoms with Gasteiger partial charge in [-0.15, -0.1) is 0 Å². The molecule has 0 aliphatic carbocycles. The van der Waals surface area contributed by atoms with Gasteiger partial charge in [0.25, 0.3) is 0 Å². The van der Waals surface area contributed by atoms with Crippen molar-refractivity contribution in [2.24, 2.45) is 0 Å². The minimum atomic E-state index is -0.121. The maximum Gasteiger partial charge on any atom is 0.226 e. The van der Waals surface area contributed by atoms with Crippen LogP contribution in [-0.4, -0.2) is 18.2 Å². The van der Waals surface area contributed by atoms with E-state index in [0.29, 0.717) is 29.2 Å². The molecule has 1 amide bonds. The highest BCUT2D eigenvalue weighted by molar-refractivity contribution is 6.33. The Kier molecular flexibility index (Phi) is 5.99. The van der Waals surface area contributed by atoms with Gasteiger partial charge in [0.1, 0.15) is 0 Å². The molecule has 5 heteroatoms. The highest BCUT2D eigenvalue weighted by Gasteiger charge is 2.08. The van der Waals surface area contributed by atoms with Gasteiger partial charge in [-0.25, -0.2) is 0 Å². The highest BCUT2D eigenvalue weighted by atomic mass is 35.5. The molecule has 0 fully saturated rings. The lowest BCUT2D eigenvalue weighted by Gasteiger charge is -2.12. The molecule has 0 radical (unpaired) electrons. The van der Waals surface area contributed by atoms with Crippen molar-refractivity contribution < 1.29 is 9.59 Å². The third-order valence-electron chi connectivity index (χ3n) is 3.64. The van der Waals surface area contributed by atoms with Crippen molar-refractivity contribution >= 4 is 34.7 Å². The average molecular weight is 345 g/mol. The minimum Gasteiger partial charge on any atom is -0.383 e. The lowest BCUT2D eigenvalue weighted by Crippen LogP contribution is -2.17. The molecule has 0 saturated heterocycles. The van der Waals surface area contributed by atoms with Gasteiger partial charge in [0, 0.05) is 24.2 Å². The summed E-state index contributed by atoms with van der Waals surface area (Å²) in [4.78, 5) is 23.4. The van der Waals surface area contributed by atoms with Crippen LogP contribution in [0, 0.1) is 13.8 Å². The second kappa shape index (κ2) is 7.97. The van der Waals surface area contributed by atoms with Gasteiger partial charge in [0.2, 0.25) is 5.91 Å². The van der Waals surface area contributed by atoms with E-state index in [0.717, 1.165) is 16.8 Å². The van der Waals surface area contributed by atoms with E-state index >= 15 is 0 Å². The Morgan fingerprint density at radius 3 is 2.54 bits per heavy atom. The van der Waals surface area contributed by atoms with Crippen LogP contribution in [0.15, 0.2) is 36.4 Å². The molecule has 0 atom stereocenters. The molecule has 24 heavy (non-hydrogen) atoms. The largest absolute Gasteiger partial charge is 0.383 e. The van der Waals surface area contributed by atoms with E-state index < -0.39 is 0 Å². The van der Waals surface area contributed by atoms with E-state index in [1.165, 1.54) is 6.92 Å². The number of rotatable bonds is 6. The van der Waals surface area contributed by atoms with Crippen LogP contribution in [0.1, 0.15) is 34.8 Å². The molecule has 0 bridgehead atoms. The van der Waals surface area contributed by atoms with Crippen molar-refractivity contribution in [2.75, 3.05) is 17.2 Å². The molecule has 0 aromatic heterocycles. The van der Waals surface area contributed by atoms with Crippen LogP contribution in [-0.2, 0) is 4.79 Å². The Labute approximate surface area is 147 Å². The third-order valence-corrected chi connectivity index (χ3v) is 3.94. The smallest absolute Gasteiger partial charge is 0.226 e. The molecule has 0 saturated carbocycles. The Hall–Kier alpha value is -2.33. The van der Waals surface area contributed by atoms with Gasteiger partial charge >= 0.3 is 0 Å². The number of anilines is 2. The predicted octanol–water partition coefficient (Wildman–Crippen LogP) is 4.60. The van der Waals surface area contributed by atoms with Crippen molar-refractivity contribution in [3.63, 3.8) is 0 Å². The molecule has 2 N–H and O–H groups in total. The van der Waals surface area contributed by atoms with E-state index in [4.69, 9.17) is 11.6 Å². The Morgan fingerprint density at radius 2 is 1.88 bits per heavy atom. The van der Waals surface area contributed by atoms with Crippen molar-refractivity contribution in [1.29, 1.82) is 0 Å². The number of hydrogen-bond donors (Lipinski definition) is 2. The summed E-state index contributed by atoms with van der Waals surface area (Å²) < 4.78 is 0. The topological polar surface area (TPSA) is 58.2 Å². The Morgan fingerprint density at radius 1 is 1.12 bits per heavy atom. The molecular weight excluding hydrogens is 324 g/mol. The van der Waals surface area contributed by atoms with Crippen molar-refractivity contribution in [1.82, 2.24) is 0 Å². The third kappa shape index (κ3) is 4.83. The molecular formula is C19H21ClN2O2. The van der Waals surface area contributed by atoms with Gasteiger partial charge in [0.05, 0.1) is 10.7 Å². The zero-order valence-corrected chi connectivity index (χ0v) is 14.8. The molecule has 4 nitrogen and oxygen atoms in total. The first-order valence-electron chi connectivity index (χ1n) is 7.78. The highest BCUT2D eigenvalue weighted by Crippen LogP contribution is 2.27. The standard InChI is InChI=1S/C19H21ClN2O2/c1-12-9-13(2)19(17(20)10-12)21-8-7-18(24)22-16-6-4-5-15(11-16)14(3)23/h4-6,9-11,21H,7-8H2,1-3H3,(H,22,24). The number of Topliss-reactive ketones (excluding diaryl/α,β-unsaturated/α-hetero) is 1. The lowest BCUT2D eigenvalue weighted by atomic mass is 10.1. The Balaban J connectivity index is 1.90. The molecule has 126 valence electrons. The first-order chi connectivity index (χ1) is 11.4. The molecule has 0 spiro atoms. The summed E-state index contributed by atoms with van der Waals surface area (Å²) in [5, 5.41) is 6.66. The number of ketones is 1. The Bertz CT molecular complexity index is 749. The maximum atomic E-state index is 12.0. The van der Waals surface area contributed by atoms with Crippen molar-refractivity contribution in [3.8, 4) is 0 Å². The lowest BCUT2D eigenvalue weighted by molar-refractivity contribution is -0.115. The quantitative estimate of drug-likeness (QED) is 0.753. The predicted molar refractivity (Wildman–Crippen MR) is 99.1 cm³/mol. The summed E-state index contributed by atoms with van der Waals surface area (Å²) in [5.41, 5.74) is 4.21. The number of hydrogen-bond acceptors (Lipinski definition) is 3. The fourth-order valence-corrected chi connectivity index (χ4v) is 2.87. The average Bonchev–Trinajstić information content (AvgIpc) is 2.50. The summed E-state index contributed by atoms with van der Waals surface area (Å²) in [5.74, 6) is -0.152. The molecule has 0 unspecified atom stereocenters. The van der Waals surface area contributed by atoms with Crippen LogP contribution >= 0.6 is 11.6 Å². The number of carbonyl (C=O) groups excluding carboxylic acids is 2. The van der Waals surface area contributed by atoms with E-state index in [2.05, 4.69) is 10.6 Å². The molecule has 0 aliphatic heterocycles. The first-order valence-corrected chi connectivity index (χ1v) is 8.16. The van der Waals surface area contributed by atoms with E-state index in [1.54, 1.807) is 24.3 Å². The zero-order chi connectivity index (χ0) is 17.7. The zero-order valence-electron chi connectivity index (χ0n) is 14.1. The van der Waals surface area contributed by atoms with Crippen LogP contribution in [0.4, 0.5) is 11.4 Å². The minimum absolute atomic E-state index is 0.0303. The first kappa shape index (κ1) is 18.0. The molecule has 2 aromatic rings. The fraction of sp³-hybridized carbons (Fsp3) is 0.263. The summed E-state index contributed by atoms with van der Waals surface area (Å²) in [6, 6.07) is 10.8. The molecule has 2 rings (SSSR count). The summed E-state index contributed by atoms with van der Waals surface area (Å²) in [6.45, 7) is 5.94. The maximum absolute atomic E-state index is 12.0. The summed E-state index contributed by atoms with van der Waals surface area (Å²) in [6.07, 6.45) is 0.300. The normalized spacial score (nSPS) is 10.3. The van der Waals surface area contributed by atoms with Gasteiger partial charge in [-0.05, 0) is 50.1 Å². The monoisotopic (exact) mass is 344 g/mol. The van der Waals surface area contributed by atoms with Gasteiger partial charge < -0.3 is 10.6 Å². The molecule has 0 heterocycles. The van der Waals surface area contributed by atoms with Crippen LogP contribution in [0.5, 0.6) is 0 Å². The molecule has 0 aliphatic rings. The SMILES string of the molecule is CC(=O)c1cccc(NC(=O)CCNc2c(C)cc(C)cc2Cl)c1. The van der Waals surface area contributed by atoms with Gasteiger partial charge in [-0.2, -0.15) is 0 Å². The second-order valence-corrected chi connectivity index (χ2v) is 6.21. The molecule has 2 aromatic carbocycles. The summed E-state index contributed by atoms with van der Waals surface area (Å²) in [7, 11) is 0.